The van der Waals surface area contributed by atoms with E-state index < -0.39 is 16.4 Å². The van der Waals surface area contributed by atoms with E-state index in [1.807, 2.05) is 24.0 Å². The van der Waals surface area contributed by atoms with Gasteiger partial charge in [-0.05, 0) is 56.9 Å². The van der Waals surface area contributed by atoms with Gasteiger partial charge >= 0.3 is 6.03 Å². The van der Waals surface area contributed by atoms with Crippen molar-refractivity contribution in [3.05, 3.63) is 53.9 Å². The third-order valence-electron chi connectivity index (χ3n) is 6.95. The quantitative estimate of drug-likeness (QED) is 0.662. The Bertz CT molecular complexity index is 1070. The lowest BCUT2D eigenvalue weighted by Gasteiger charge is -2.38. The maximum Gasteiger partial charge on any atom is 0.329 e. The van der Waals surface area contributed by atoms with Crippen LogP contribution in [0.5, 0.6) is 0 Å². The SMILES string of the molecule is Cc1ccc([S+](=O)([O-])N2CCCC2C(=O)N2CCC(N3Cc4cccn4C3=O)CC2)cc1. The molecule has 2 atom stereocenters. The van der Waals surface area contributed by atoms with Crippen molar-refractivity contribution in [2.75, 3.05) is 19.6 Å². The summed E-state index contributed by atoms with van der Waals surface area (Å²) in [6.07, 6.45) is 4.43. The fraction of sp³-hybridized carbons (Fsp3) is 0.478. The topological polar surface area (TPSA) is 88.9 Å². The van der Waals surface area contributed by atoms with Gasteiger partial charge < -0.3 is 14.4 Å². The number of nitrogens with zero attached hydrogens (tertiary/aromatic N) is 4. The maximum atomic E-state index is 13.3. The normalized spacial score (nSPS) is 24.1. The summed E-state index contributed by atoms with van der Waals surface area (Å²) in [5.74, 6) is -0.115. The van der Waals surface area contributed by atoms with Gasteiger partial charge in [0, 0.05) is 37.6 Å². The number of likely N-dealkylation sites (tertiary alicyclic amines) is 1. The molecule has 4 heterocycles. The highest BCUT2D eigenvalue weighted by Gasteiger charge is 2.45. The molecule has 0 aliphatic carbocycles. The van der Waals surface area contributed by atoms with Crippen LogP contribution < -0.4 is 0 Å². The Labute approximate surface area is 189 Å². The van der Waals surface area contributed by atoms with Crippen LogP contribution in [0.4, 0.5) is 4.79 Å². The lowest BCUT2D eigenvalue weighted by Crippen LogP contribution is -2.53. The van der Waals surface area contributed by atoms with Gasteiger partial charge in [-0.2, -0.15) is 0 Å². The summed E-state index contributed by atoms with van der Waals surface area (Å²) >= 11 is 0. The molecule has 2 unspecified atom stereocenters. The van der Waals surface area contributed by atoms with E-state index in [2.05, 4.69) is 0 Å². The van der Waals surface area contributed by atoms with Crippen molar-refractivity contribution in [1.82, 2.24) is 18.7 Å². The van der Waals surface area contributed by atoms with E-state index in [9.17, 15) is 18.4 Å². The number of hydrogen-bond acceptors (Lipinski definition) is 4. The van der Waals surface area contributed by atoms with Gasteiger partial charge in [-0.15, -0.1) is 4.31 Å². The molecule has 0 N–H and O–H groups in total. The summed E-state index contributed by atoms with van der Waals surface area (Å²) in [4.78, 5) is 29.8. The minimum atomic E-state index is -3.71. The fourth-order valence-electron chi connectivity index (χ4n) is 5.13. The number of benzene rings is 1. The standard InChI is InChI=1S/C23H28N4O4S/c1-17-6-8-20(9-7-17)32(30,31)27-13-3-5-21(27)22(28)24-14-10-18(11-15-24)26-16-19-4-2-12-25(19)23(26)29/h2,4,6-9,12,18,21H,3,5,10-11,13-16H2,1H3. The largest absolute Gasteiger partial charge is 0.593 e. The highest BCUT2D eigenvalue weighted by atomic mass is 32.3. The van der Waals surface area contributed by atoms with Crippen molar-refractivity contribution in [3.63, 3.8) is 0 Å². The predicted octanol–water partition coefficient (Wildman–Crippen LogP) is 2.64. The summed E-state index contributed by atoms with van der Waals surface area (Å²) in [7, 11) is -3.71. The second-order valence-corrected chi connectivity index (χ2v) is 10.8. The van der Waals surface area contributed by atoms with Gasteiger partial charge in [0.2, 0.25) is 5.91 Å². The van der Waals surface area contributed by atoms with E-state index in [-0.39, 0.29) is 22.9 Å². The number of aromatic nitrogens is 1. The highest BCUT2D eigenvalue weighted by Crippen LogP contribution is 2.32. The Morgan fingerprint density at radius 3 is 2.47 bits per heavy atom. The molecule has 1 aromatic carbocycles. The summed E-state index contributed by atoms with van der Waals surface area (Å²) < 4.78 is 29.5. The van der Waals surface area contributed by atoms with Crippen molar-refractivity contribution in [2.45, 2.75) is 56.1 Å². The molecule has 8 nitrogen and oxygen atoms in total. The van der Waals surface area contributed by atoms with Gasteiger partial charge in [-0.25, -0.2) is 4.79 Å². The molecule has 0 bridgehead atoms. The van der Waals surface area contributed by atoms with Crippen LogP contribution in [-0.2, 0) is 25.9 Å². The molecule has 3 aliphatic rings. The molecular weight excluding hydrogens is 428 g/mol. The van der Waals surface area contributed by atoms with E-state index in [4.69, 9.17) is 0 Å². The fourth-order valence-corrected chi connectivity index (χ4v) is 6.78. The lowest BCUT2D eigenvalue weighted by atomic mass is 10.0. The Morgan fingerprint density at radius 2 is 1.78 bits per heavy atom. The Kier molecular flexibility index (Phi) is 5.43. The third-order valence-corrected chi connectivity index (χ3v) is 8.87. The maximum absolute atomic E-state index is 13.3. The van der Waals surface area contributed by atoms with E-state index in [0.29, 0.717) is 51.9 Å². The zero-order valence-electron chi connectivity index (χ0n) is 18.2. The van der Waals surface area contributed by atoms with Gasteiger partial charge in [0.15, 0.2) is 15.3 Å². The van der Waals surface area contributed by atoms with E-state index in [0.717, 1.165) is 11.3 Å². The molecule has 0 spiro atoms. The molecule has 2 saturated heterocycles. The lowest BCUT2D eigenvalue weighted by molar-refractivity contribution is -0.136. The minimum absolute atomic E-state index is 0.000866. The Hall–Kier alpha value is -2.49. The first kappa shape index (κ1) is 21.4. The number of rotatable bonds is 4. The average molecular weight is 457 g/mol. The second-order valence-electron chi connectivity index (χ2n) is 8.92. The number of carbonyl (C=O) groups excluding carboxylic acids is 2. The van der Waals surface area contributed by atoms with Crippen LogP contribution in [0.15, 0.2) is 47.5 Å². The van der Waals surface area contributed by atoms with Crippen LogP contribution in [0.1, 0.15) is 36.9 Å². The van der Waals surface area contributed by atoms with E-state index in [1.54, 1.807) is 39.9 Å². The van der Waals surface area contributed by atoms with E-state index >= 15 is 0 Å². The third kappa shape index (κ3) is 3.58. The minimum Gasteiger partial charge on any atom is -0.593 e. The van der Waals surface area contributed by atoms with Crippen LogP contribution >= 0.6 is 0 Å². The number of hydrogen-bond donors (Lipinski definition) is 0. The van der Waals surface area contributed by atoms with Crippen molar-refractivity contribution in [2.24, 2.45) is 0 Å². The van der Waals surface area contributed by atoms with Crippen molar-refractivity contribution >= 4 is 22.3 Å². The molecule has 1 aromatic heterocycles. The number of carbonyl (C=O) groups is 2. The second kappa shape index (κ2) is 8.13. The first-order valence-corrected chi connectivity index (χ1v) is 12.6. The molecule has 2 amide bonds. The molecule has 32 heavy (non-hydrogen) atoms. The molecule has 9 heteroatoms. The van der Waals surface area contributed by atoms with Crippen molar-refractivity contribution < 1.29 is 18.4 Å². The van der Waals surface area contributed by atoms with Gasteiger partial charge in [0.1, 0.15) is 6.04 Å². The summed E-state index contributed by atoms with van der Waals surface area (Å²) in [6.45, 7) is 3.96. The van der Waals surface area contributed by atoms with Crippen molar-refractivity contribution in [3.8, 4) is 0 Å². The van der Waals surface area contributed by atoms with Crippen LogP contribution in [0.2, 0.25) is 0 Å². The average Bonchev–Trinajstić information content (AvgIpc) is 3.52. The van der Waals surface area contributed by atoms with E-state index in [1.165, 1.54) is 4.31 Å². The first-order valence-electron chi connectivity index (χ1n) is 11.2. The summed E-state index contributed by atoms with van der Waals surface area (Å²) in [6, 6.07) is 10.1. The summed E-state index contributed by atoms with van der Waals surface area (Å²) in [5.41, 5.74) is 1.99. The molecule has 5 rings (SSSR count). The molecule has 0 saturated carbocycles. The smallest absolute Gasteiger partial charge is 0.329 e. The first-order chi connectivity index (χ1) is 15.4. The van der Waals surface area contributed by atoms with Gasteiger partial charge in [0.25, 0.3) is 0 Å². The number of fused-ring (bicyclic) bond motifs is 1. The van der Waals surface area contributed by atoms with Crippen LogP contribution in [0.3, 0.4) is 0 Å². The van der Waals surface area contributed by atoms with Crippen LogP contribution in [-0.4, -0.2) is 66.9 Å². The van der Waals surface area contributed by atoms with Crippen LogP contribution in [0.25, 0.3) is 0 Å². The number of piperidine rings is 1. The molecule has 0 radical (unpaired) electrons. The number of amides is 2. The molecule has 2 aromatic rings. The monoisotopic (exact) mass is 456 g/mol. The van der Waals surface area contributed by atoms with Crippen molar-refractivity contribution in [1.29, 1.82) is 0 Å². The molecule has 170 valence electrons. The Morgan fingerprint density at radius 1 is 1.06 bits per heavy atom. The van der Waals surface area contributed by atoms with Gasteiger partial charge in [0.05, 0.1) is 6.54 Å². The number of sulfonamides is 1. The molecule has 2 fully saturated rings. The molecular formula is C23H28N4O4S. The van der Waals surface area contributed by atoms with Gasteiger partial charge in [-0.1, -0.05) is 21.9 Å². The highest BCUT2D eigenvalue weighted by molar-refractivity contribution is 7.95. The number of aryl methyl sites for hydroxylation is 1. The predicted molar refractivity (Wildman–Crippen MR) is 118 cm³/mol. The Balaban J connectivity index is 1.24. The summed E-state index contributed by atoms with van der Waals surface area (Å²) in [5, 5.41) is 0. The van der Waals surface area contributed by atoms with Gasteiger partial charge in [-0.3, -0.25) is 9.36 Å². The molecule has 3 aliphatic heterocycles. The van der Waals surface area contributed by atoms with Crippen LogP contribution in [0, 0.1) is 6.92 Å². The zero-order chi connectivity index (χ0) is 22.5. The zero-order valence-corrected chi connectivity index (χ0v) is 19.0.